The summed E-state index contributed by atoms with van der Waals surface area (Å²) < 4.78 is 5.22. The van der Waals surface area contributed by atoms with E-state index in [-0.39, 0.29) is 11.8 Å². The van der Waals surface area contributed by atoms with Crippen LogP contribution in [0.4, 0.5) is 5.88 Å². The third kappa shape index (κ3) is 1.48. The molecule has 2 aromatic rings. The van der Waals surface area contributed by atoms with Crippen LogP contribution in [-0.2, 0) is 0 Å². The molecule has 15 heavy (non-hydrogen) atoms. The summed E-state index contributed by atoms with van der Waals surface area (Å²) in [7, 11) is 0. The van der Waals surface area contributed by atoms with Gasteiger partial charge in [0.05, 0.1) is 5.56 Å². The normalized spacial score (nSPS) is 11.1. The fraction of sp³-hybridized carbons (Fsp3) is 0.273. The second-order valence-electron chi connectivity index (χ2n) is 3.73. The van der Waals surface area contributed by atoms with Crippen LogP contribution in [0, 0.1) is 10.1 Å². The van der Waals surface area contributed by atoms with Crippen molar-refractivity contribution in [1.82, 2.24) is 0 Å². The molecule has 1 aromatic heterocycles. The summed E-state index contributed by atoms with van der Waals surface area (Å²) in [4.78, 5) is 10.3. The van der Waals surface area contributed by atoms with Gasteiger partial charge in [0.2, 0.25) is 0 Å². The van der Waals surface area contributed by atoms with E-state index in [0.717, 1.165) is 5.39 Å². The fourth-order valence-electron chi connectivity index (χ4n) is 1.75. The zero-order valence-electron chi connectivity index (χ0n) is 8.56. The minimum atomic E-state index is -0.463. The highest BCUT2D eigenvalue weighted by Crippen LogP contribution is 2.36. The van der Waals surface area contributed by atoms with Crippen molar-refractivity contribution in [2.75, 3.05) is 0 Å². The van der Waals surface area contributed by atoms with Gasteiger partial charge >= 0.3 is 5.88 Å². The molecule has 1 aromatic carbocycles. The smallest absolute Gasteiger partial charge is 0.400 e. The SMILES string of the molecule is CC(C)c1c([N+](=O)[O-])oc2ccccc12. The maximum atomic E-state index is 10.8. The van der Waals surface area contributed by atoms with Crippen LogP contribution in [0.3, 0.4) is 0 Å². The van der Waals surface area contributed by atoms with Crippen LogP contribution >= 0.6 is 0 Å². The molecular formula is C11H11NO3. The van der Waals surface area contributed by atoms with Crippen LogP contribution in [0.1, 0.15) is 25.3 Å². The van der Waals surface area contributed by atoms with E-state index < -0.39 is 4.92 Å². The van der Waals surface area contributed by atoms with E-state index in [0.29, 0.717) is 11.1 Å². The molecule has 0 aliphatic heterocycles. The lowest BCUT2D eigenvalue weighted by Gasteiger charge is -1.99. The van der Waals surface area contributed by atoms with Gasteiger partial charge in [-0.1, -0.05) is 32.0 Å². The van der Waals surface area contributed by atoms with Gasteiger partial charge in [-0.05, 0) is 12.0 Å². The topological polar surface area (TPSA) is 56.3 Å². The molecule has 0 amide bonds. The maximum absolute atomic E-state index is 10.8. The highest BCUT2D eigenvalue weighted by atomic mass is 16.6. The van der Waals surface area contributed by atoms with E-state index >= 15 is 0 Å². The molecule has 0 aliphatic carbocycles. The first-order valence-electron chi connectivity index (χ1n) is 4.77. The number of nitrogens with zero attached hydrogens (tertiary/aromatic N) is 1. The molecule has 0 unspecified atom stereocenters. The van der Waals surface area contributed by atoms with Crippen molar-refractivity contribution >= 4 is 16.9 Å². The first-order valence-corrected chi connectivity index (χ1v) is 4.77. The predicted octanol–water partition coefficient (Wildman–Crippen LogP) is 3.46. The van der Waals surface area contributed by atoms with E-state index in [1.54, 1.807) is 12.1 Å². The highest BCUT2D eigenvalue weighted by molar-refractivity contribution is 5.84. The van der Waals surface area contributed by atoms with Crippen LogP contribution < -0.4 is 0 Å². The molecule has 0 aliphatic rings. The number of hydrogen-bond acceptors (Lipinski definition) is 3. The van der Waals surface area contributed by atoms with Crippen molar-refractivity contribution in [2.45, 2.75) is 19.8 Å². The van der Waals surface area contributed by atoms with Crippen LogP contribution in [0.15, 0.2) is 28.7 Å². The van der Waals surface area contributed by atoms with Crippen molar-refractivity contribution in [2.24, 2.45) is 0 Å². The Morgan fingerprint density at radius 2 is 2.00 bits per heavy atom. The molecule has 0 atom stereocenters. The van der Waals surface area contributed by atoms with E-state index in [1.165, 1.54) is 0 Å². The Balaban J connectivity index is 2.80. The van der Waals surface area contributed by atoms with Gasteiger partial charge in [0.15, 0.2) is 0 Å². The lowest BCUT2D eigenvalue weighted by molar-refractivity contribution is -0.402. The van der Waals surface area contributed by atoms with Crippen molar-refractivity contribution in [1.29, 1.82) is 0 Å². The van der Waals surface area contributed by atoms with E-state index in [1.807, 2.05) is 26.0 Å². The molecule has 4 nitrogen and oxygen atoms in total. The van der Waals surface area contributed by atoms with E-state index in [2.05, 4.69) is 0 Å². The molecule has 0 fully saturated rings. The Hall–Kier alpha value is -1.84. The van der Waals surface area contributed by atoms with Crippen molar-refractivity contribution in [3.63, 3.8) is 0 Å². The average Bonchev–Trinajstić information content (AvgIpc) is 2.56. The first-order chi connectivity index (χ1) is 7.11. The lowest BCUT2D eigenvalue weighted by atomic mass is 10.0. The Morgan fingerprint density at radius 1 is 1.33 bits per heavy atom. The largest absolute Gasteiger partial charge is 0.437 e. The van der Waals surface area contributed by atoms with Gasteiger partial charge < -0.3 is 4.42 Å². The zero-order valence-corrected chi connectivity index (χ0v) is 8.56. The van der Waals surface area contributed by atoms with Gasteiger partial charge in [0, 0.05) is 5.39 Å². The molecule has 0 radical (unpaired) electrons. The summed E-state index contributed by atoms with van der Waals surface area (Å²) >= 11 is 0. The minimum Gasteiger partial charge on any atom is -0.400 e. The van der Waals surface area contributed by atoms with Gasteiger partial charge in [0.25, 0.3) is 0 Å². The summed E-state index contributed by atoms with van der Waals surface area (Å²) in [5.41, 5.74) is 1.25. The van der Waals surface area contributed by atoms with Crippen LogP contribution in [0.2, 0.25) is 0 Å². The summed E-state index contributed by atoms with van der Waals surface area (Å²) in [6.45, 7) is 3.84. The zero-order chi connectivity index (χ0) is 11.0. The van der Waals surface area contributed by atoms with Crippen molar-refractivity contribution in [3.05, 3.63) is 39.9 Å². The summed E-state index contributed by atoms with van der Waals surface area (Å²) in [6, 6.07) is 7.25. The summed E-state index contributed by atoms with van der Waals surface area (Å²) in [6.07, 6.45) is 0. The van der Waals surface area contributed by atoms with Gasteiger partial charge in [-0.3, -0.25) is 10.1 Å². The molecule has 0 saturated heterocycles. The average molecular weight is 205 g/mol. The maximum Gasteiger partial charge on any atom is 0.437 e. The molecule has 0 saturated carbocycles. The first kappa shape index (κ1) is 9.71. The van der Waals surface area contributed by atoms with Gasteiger partial charge in [-0.2, -0.15) is 0 Å². The summed E-state index contributed by atoms with van der Waals surface area (Å²) in [5, 5.41) is 11.6. The molecule has 2 rings (SSSR count). The number of hydrogen-bond donors (Lipinski definition) is 0. The van der Waals surface area contributed by atoms with Gasteiger partial charge in [-0.15, -0.1) is 0 Å². The predicted molar refractivity (Wildman–Crippen MR) is 57.0 cm³/mol. The fourth-order valence-corrected chi connectivity index (χ4v) is 1.75. The third-order valence-corrected chi connectivity index (χ3v) is 2.36. The second kappa shape index (κ2) is 3.38. The number of nitro groups is 1. The number of furan rings is 1. The Labute approximate surface area is 86.7 Å². The number of benzene rings is 1. The molecule has 0 spiro atoms. The molecule has 1 heterocycles. The Morgan fingerprint density at radius 3 is 2.60 bits per heavy atom. The van der Waals surface area contributed by atoms with Gasteiger partial charge in [-0.25, -0.2) is 0 Å². The van der Waals surface area contributed by atoms with Crippen LogP contribution in [0.25, 0.3) is 11.0 Å². The van der Waals surface area contributed by atoms with Crippen molar-refractivity contribution in [3.8, 4) is 0 Å². The minimum absolute atomic E-state index is 0.0778. The molecule has 4 heteroatoms. The van der Waals surface area contributed by atoms with Crippen molar-refractivity contribution < 1.29 is 9.34 Å². The molecule has 78 valence electrons. The van der Waals surface area contributed by atoms with Crippen LogP contribution in [-0.4, -0.2) is 4.92 Å². The van der Waals surface area contributed by atoms with Gasteiger partial charge in [0.1, 0.15) is 10.5 Å². The quantitative estimate of drug-likeness (QED) is 0.557. The van der Waals surface area contributed by atoms with E-state index in [4.69, 9.17) is 4.42 Å². The Bertz CT molecular complexity index is 514. The molecule has 0 bridgehead atoms. The van der Waals surface area contributed by atoms with E-state index in [9.17, 15) is 10.1 Å². The number of rotatable bonds is 2. The lowest BCUT2D eigenvalue weighted by Crippen LogP contribution is -1.93. The molecule has 0 N–H and O–H groups in total. The molecular weight excluding hydrogens is 194 g/mol. The summed E-state index contributed by atoms with van der Waals surface area (Å²) in [5.74, 6) is -0.0553. The number of fused-ring (bicyclic) bond motifs is 1. The monoisotopic (exact) mass is 205 g/mol. The Kier molecular flexibility index (Phi) is 2.19. The third-order valence-electron chi connectivity index (χ3n) is 2.36. The standard InChI is InChI=1S/C11H11NO3/c1-7(2)10-8-5-3-4-6-9(8)15-11(10)12(13)14/h3-7H,1-2H3. The number of para-hydroxylation sites is 1. The second-order valence-corrected chi connectivity index (χ2v) is 3.73. The highest BCUT2D eigenvalue weighted by Gasteiger charge is 2.25. The van der Waals surface area contributed by atoms with Crippen LogP contribution in [0.5, 0.6) is 0 Å².